The van der Waals surface area contributed by atoms with E-state index in [1.165, 1.54) is 11.6 Å². The third-order valence-electron chi connectivity index (χ3n) is 2.44. The number of carbonyl (C=O) groups is 1. The molecule has 3 nitrogen and oxygen atoms in total. The van der Waals surface area contributed by atoms with Crippen LogP contribution in [0.4, 0.5) is 5.69 Å². The standard InChI is InChI=1S/C13H12ClNO2S/c14-11-2-1-10(7-12(11)15)13(16)17-5-3-9-4-6-18-8-9/h1-2,4,6-8H,3,5,15H2. The van der Waals surface area contributed by atoms with Gasteiger partial charge < -0.3 is 10.5 Å². The number of halogens is 1. The number of esters is 1. The van der Waals surface area contributed by atoms with Gasteiger partial charge in [0.1, 0.15) is 0 Å². The summed E-state index contributed by atoms with van der Waals surface area (Å²) < 4.78 is 5.16. The zero-order valence-corrected chi connectivity index (χ0v) is 11.1. The number of rotatable bonds is 4. The second-order valence-electron chi connectivity index (χ2n) is 3.75. The van der Waals surface area contributed by atoms with Crippen LogP contribution < -0.4 is 5.73 Å². The van der Waals surface area contributed by atoms with Crippen LogP contribution in [0.25, 0.3) is 0 Å². The van der Waals surface area contributed by atoms with Crippen molar-refractivity contribution in [3.63, 3.8) is 0 Å². The number of nitrogens with two attached hydrogens (primary N) is 1. The lowest BCUT2D eigenvalue weighted by molar-refractivity contribution is 0.0509. The normalized spacial score (nSPS) is 10.3. The first-order chi connectivity index (χ1) is 8.66. The summed E-state index contributed by atoms with van der Waals surface area (Å²) in [4.78, 5) is 11.7. The Morgan fingerprint density at radius 3 is 2.89 bits per heavy atom. The predicted molar refractivity (Wildman–Crippen MR) is 74.2 cm³/mol. The van der Waals surface area contributed by atoms with Gasteiger partial charge in [0, 0.05) is 6.42 Å². The third kappa shape index (κ3) is 3.24. The molecule has 1 aromatic carbocycles. The second-order valence-corrected chi connectivity index (χ2v) is 4.94. The van der Waals surface area contributed by atoms with Gasteiger partial charge in [-0.3, -0.25) is 0 Å². The smallest absolute Gasteiger partial charge is 0.338 e. The van der Waals surface area contributed by atoms with E-state index in [1.807, 2.05) is 16.8 Å². The summed E-state index contributed by atoms with van der Waals surface area (Å²) in [5, 5.41) is 4.47. The maximum Gasteiger partial charge on any atom is 0.338 e. The van der Waals surface area contributed by atoms with Crippen molar-refractivity contribution in [3.05, 3.63) is 51.2 Å². The highest BCUT2D eigenvalue weighted by atomic mass is 35.5. The molecule has 0 bridgehead atoms. The van der Waals surface area contributed by atoms with Crippen LogP contribution in [0.2, 0.25) is 5.02 Å². The maximum atomic E-state index is 11.7. The summed E-state index contributed by atoms with van der Waals surface area (Å²) in [5.41, 5.74) is 7.59. The number of ether oxygens (including phenoxy) is 1. The van der Waals surface area contributed by atoms with Crippen LogP contribution in [-0.2, 0) is 11.2 Å². The number of nitrogen functional groups attached to an aromatic ring is 1. The average Bonchev–Trinajstić information content (AvgIpc) is 2.85. The molecule has 0 saturated carbocycles. The van der Waals surface area contributed by atoms with Crippen molar-refractivity contribution >= 4 is 34.6 Å². The molecular formula is C13H12ClNO2S. The van der Waals surface area contributed by atoms with Gasteiger partial charge in [-0.05, 0) is 40.6 Å². The fourth-order valence-corrected chi connectivity index (χ4v) is 2.27. The molecule has 5 heteroatoms. The van der Waals surface area contributed by atoms with Crippen molar-refractivity contribution in [3.8, 4) is 0 Å². The lowest BCUT2D eigenvalue weighted by atomic mass is 10.2. The Labute approximate surface area is 114 Å². The number of carbonyl (C=O) groups excluding carboxylic acids is 1. The lowest BCUT2D eigenvalue weighted by Gasteiger charge is -2.05. The molecule has 0 unspecified atom stereocenters. The summed E-state index contributed by atoms with van der Waals surface area (Å²) in [7, 11) is 0. The molecule has 0 fully saturated rings. The van der Waals surface area contributed by atoms with E-state index in [1.54, 1.807) is 23.5 Å². The van der Waals surface area contributed by atoms with Gasteiger partial charge in [-0.2, -0.15) is 11.3 Å². The zero-order valence-electron chi connectivity index (χ0n) is 9.56. The minimum absolute atomic E-state index is 0.359. The maximum absolute atomic E-state index is 11.7. The molecule has 0 aliphatic rings. The van der Waals surface area contributed by atoms with Crippen LogP contribution in [0.5, 0.6) is 0 Å². The second kappa shape index (κ2) is 5.89. The van der Waals surface area contributed by atoms with Gasteiger partial charge in [0.05, 0.1) is 22.9 Å². The molecule has 94 valence electrons. The fourth-order valence-electron chi connectivity index (χ4n) is 1.45. The minimum atomic E-state index is -0.381. The summed E-state index contributed by atoms with van der Waals surface area (Å²) in [5.74, 6) is -0.381. The molecule has 2 N–H and O–H groups in total. The van der Waals surface area contributed by atoms with E-state index in [4.69, 9.17) is 22.1 Å². The zero-order chi connectivity index (χ0) is 13.0. The Hall–Kier alpha value is -1.52. The van der Waals surface area contributed by atoms with E-state index >= 15 is 0 Å². The summed E-state index contributed by atoms with van der Waals surface area (Å²) in [6.07, 6.45) is 0.721. The first kappa shape index (κ1) is 12.9. The van der Waals surface area contributed by atoms with Crippen molar-refractivity contribution in [1.82, 2.24) is 0 Å². The Morgan fingerprint density at radius 2 is 2.22 bits per heavy atom. The number of anilines is 1. The van der Waals surface area contributed by atoms with Crippen LogP contribution in [0.1, 0.15) is 15.9 Å². The van der Waals surface area contributed by atoms with Crippen LogP contribution in [0.15, 0.2) is 35.0 Å². The first-order valence-electron chi connectivity index (χ1n) is 5.40. The highest BCUT2D eigenvalue weighted by Crippen LogP contribution is 2.20. The van der Waals surface area contributed by atoms with E-state index in [2.05, 4.69) is 0 Å². The molecular weight excluding hydrogens is 270 g/mol. The van der Waals surface area contributed by atoms with Crippen molar-refractivity contribution < 1.29 is 9.53 Å². The Balaban J connectivity index is 1.89. The predicted octanol–water partition coefficient (Wildman–Crippen LogP) is 3.38. The topological polar surface area (TPSA) is 52.3 Å². The third-order valence-corrected chi connectivity index (χ3v) is 3.51. The number of thiophene rings is 1. The Kier molecular flexibility index (Phi) is 4.23. The number of hydrogen-bond donors (Lipinski definition) is 1. The van der Waals surface area contributed by atoms with Crippen molar-refractivity contribution in [2.45, 2.75) is 6.42 Å². The molecule has 18 heavy (non-hydrogen) atoms. The van der Waals surface area contributed by atoms with Gasteiger partial charge in [0.25, 0.3) is 0 Å². The van der Waals surface area contributed by atoms with Gasteiger partial charge in [-0.1, -0.05) is 11.6 Å². The quantitative estimate of drug-likeness (QED) is 0.690. The molecule has 0 atom stereocenters. The van der Waals surface area contributed by atoms with Crippen molar-refractivity contribution in [1.29, 1.82) is 0 Å². The highest BCUT2D eigenvalue weighted by Gasteiger charge is 2.08. The summed E-state index contributed by atoms with van der Waals surface area (Å²) >= 11 is 7.41. The van der Waals surface area contributed by atoms with Gasteiger partial charge in [0.15, 0.2) is 0 Å². The molecule has 0 aliphatic heterocycles. The lowest BCUT2D eigenvalue weighted by Crippen LogP contribution is -2.08. The van der Waals surface area contributed by atoms with E-state index in [-0.39, 0.29) is 5.97 Å². The SMILES string of the molecule is Nc1cc(C(=O)OCCc2ccsc2)ccc1Cl. The Bertz CT molecular complexity index is 540. The van der Waals surface area contributed by atoms with Crippen LogP contribution >= 0.6 is 22.9 Å². The van der Waals surface area contributed by atoms with Gasteiger partial charge >= 0.3 is 5.97 Å². The van der Waals surface area contributed by atoms with Crippen molar-refractivity contribution in [2.75, 3.05) is 12.3 Å². The van der Waals surface area contributed by atoms with Gasteiger partial charge in [-0.15, -0.1) is 0 Å². The van der Waals surface area contributed by atoms with Crippen molar-refractivity contribution in [2.24, 2.45) is 0 Å². The molecule has 2 rings (SSSR count). The molecule has 1 aromatic heterocycles. The number of hydrogen-bond acceptors (Lipinski definition) is 4. The monoisotopic (exact) mass is 281 g/mol. The molecule has 1 heterocycles. The van der Waals surface area contributed by atoms with E-state index < -0.39 is 0 Å². The fraction of sp³-hybridized carbons (Fsp3) is 0.154. The van der Waals surface area contributed by atoms with Crippen LogP contribution in [0, 0.1) is 0 Å². The van der Waals surface area contributed by atoms with Gasteiger partial charge in [-0.25, -0.2) is 4.79 Å². The summed E-state index contributed by atoms with van der Waals surface area (Å²) in [6.45, 7) is 0.359. The first-order valence-corrected chi connectivity index (χ1v) is 6.72. The molecule has 0 amide bonds. The summed E-state index contributed by atoms with van der Waals surface area (Å²) in [6, 6.07) is 6.73. The van der Waals surface area contributed by atoms with E-state index in [0.717, 1.165) is 6.42 Å². The molecule has 0 radical (unpaired) electrons. The molecule has 2 aromatic rings. The largest absolute Gasteiger partial charge is 0.462 e. The Morgan fingerprint density at radius 1 is 1.39 bits per heavy atom. The number of benzene rings is 1. The van der Waals surface area contributed by atoms with Crippen LogP contribution in [-0.4, -0.2) is 12.6 Å². The average molecular weight is 282 g/mol. The molecule has 0 spiro atoms. The molecule has 0 aliphatic carbocycles. The van der Waals surface area contributed by atoms with E-state index in [0.29, 0.717) is 22.9 Å². The van der Waals surface area contributed by atoms with Gasteiger partial charge in [0.2, 0.25) is 0 Å². The van der Waals surface area contributed by atoms with E-state index in [9.17, 15) is 4.79 Å². The van der Waals surface area contributed by atoms with Crippen LogP contribution in [0.3, 0.4) is 0 Å². The highest BCUT2D eigenvalue weighted by molar-refractivity contribution is 7.07. The molecule has 0 saturated heterocycles. The minimum Gasteiger partial charge on any atom is -0.462 e.